The number of fused-ring (bicyclic) bond motifs is 2. The van der Waals surface area contributed by atoms with Gasteiger partial charge in [-0.2, -0.15) is 0 Å². The number of nitro groups is 1. The number of carbonyl (C=O) groups is 1. The summed E-state index contributed by atoms with van der Waals surface area (Å²) in [6, 6.07) is 3.01. The highest BCUT2D eigenvalue weighted by atomic mass is 16.8. The molecule has 136 valence electrons. The lowest BCUT2D eigenvalue weighted by Gasteiger charge is -2.37. The van der Waals surface area contributed by atoms with Crippen LogP contribution in [0.5, 0.6) is 0 Å². The number of hydrogen-bond donors (Lipinski definition) is 1. The second-order valence-corrected chi connectivity index (χ2v) is 7.56. The van der Waals surface area contributed by atoms with E-state index in [4.69, 9.17) is 9.94 Å². The molecule has 0 heterocycles. The minimum absolute atomic E-state index is 0.105. The average molecular weight is 349 g/mol. The second-order valence-electron chi connectivity index (χ2n) is 7.56. The third-order valence-electron chi connectivity index (χ3n) is 6.01. The van der Waals surface area contributed by atoms with Crippen molar-refractivity contribution in [2.45, 2.75) is 33.1 Å². The van der Waals surface area contributed by atoms with Gasteiger partial charge in [-0.05, 0) is 42.6 Å². The largest absolute Gasteiger partial charge is 0.733 e. The number of nitro benzene ring substituents is 1. The van der Waals surface area contributed by atoms with E-state index in [0.717, 1.165) is 31.0 Å². The van der Waals surface area contributed by atoms with E-state index in [1.807, 2.05) is 0 Å². The molecule has 2 fully saturated rings. The third kappa shape index (κ3) is 3.19. The maximum absolute atomic E-state index is 12.3. The Kier molecular flexibility index (Phi) is 4.42. The molecule has 2 saturated carbocycles. The van der Waals surface area contributed by atoms with E-state index in [-0.39, 0.29) is 29.2 Å². The predicted molar refractivity (Wildman–Crippen MR) is 89.1 cm³/mol. The van der Waals surface area contributed by atoms with Crippen LogP contribution in [0.4, 0.5) is 11.4 Å². The fourth-order valence-corrected chi connectivity index (χ4v) is 4.50. The molecule has 2 bridgehead atoms. The number of benzene rings is 1. The van der Waals surface area contributed by atoms with Gasteiger partial charge in [0.15, 0.2) is 0 Å². The Morgan fingerprint density at radius 1 is 1.40 bits per heavy atom. The molecule has 25 heavy (non-hydrogen) atoms. The van der Waals surface area contributed by atoms with Gasteiger partial charge in [-0.15, -0.1) is 0 Å². The van der Waals surface area contributed by atoms with E-state index < -0.39 is 21.8 Å². The quantitative estimate of drug-likeness (QED) is 0.491. The van der Waals surface area contributed by atoms with Gasteiger partial charge in [0.2, 0.25) is 0 Å². The molecular weight excluding hydrogens is 328 g/mol. The Balaban J connectivity index is 1.74. The van der Waals surface area contributed by atoms with Crippen LogP contribution in [0.25, 0.3) is 0 Å². The lowest BCUT2D eigenvalue weighted by molar-refractivity contribution is -0.384. The fourth-order valence-electron chi connectivity index (χ4n) is 4.50. The maximum atomic E-state index is 12.3. The molecule has 3 atom stereocenters. The van der Waals surface area contributed by atoms with Crippen molar-refractivity contribution < 1.29 is 19.7 Å². The van der Waals surface area contributed by atoms with E-state index in [1.54, 1.807) is 0 Å². The summed E-state index contributed by atoms with van der Waals surface area (Å²) in [6.45, 7) is 4.65. The Hall–Kier alpha value is -2.19. The Labute approximate surface area is 145 Å². The highest BCUT2D eigenvalue weighted by Crippen LogP contribution is 2.59. The minimum Gasteiger partial charge on any atom is -0.733 e. The lowest BCUT2D eigenvalue weighted by atomic mass is 9.69. The molecule has 8 nitrogen and oxygen atoms in total. The summed E-state index contributed by atoms with van der Waals surface area (Å²) in [5.41, 5.74) is -0.866. The van der Waals surface area contributed by atoms with Gasteiger partial charge in [-0.25, -0.2) is 4.79 Å². The number of hydrogen-bond acceptors (Lipinski definition) is 7. The van der Waals surface area contributed by atoms with E-state index in [2.05, 4.69) is 13.8 Å². The number of carbonyl (C=O) groups excluding carboxylic acids is 1. The molecule has 0 aromatic heterocycles. The monoisotopic (exact) mass is 349 g/mol. The number of nitrogens with zero attached hydrogens (tertiary/aromatic N) is 2. The van der Waals surface area contributed by atoms with E-state index in [1.165, 1.54) is 6.42 Å². The molecule has 3 rings (SSSR count). The predicted octanol–water partition coefficient (Wildman–Crippen LogP) is 3.52. The summed E-state index contributed by atoms with van der Waals surface area (Å²) in [5.74, 6) is 0.727. The van der Waals surface area contributed by atoms with Crippen molar-refractivity contribution in [3.8, 4) is 0 Å². The Bertz CT molecular complexity index is 702. The minimum atomic E-state index is -0.733. The van der Waals surface area contributed by atoms with Crippen LogP contribution in [0.2, 0.25) is 0 Å². The molecular formula is C17H21N2O6-. The van der Waals surface area contributed by atoms with Crippen LogP contribution in [0.15, 0.2) is 18.2 Å². The summed E-state index contributed by atoms with van der Waals surface area (Å²) < 4.78 is 5.41. The van der Waals surface area contributed by atoms with Crippen LogP contribution in [0.1, 0.15) is 43.5 Å². The number of non-ortho nitro benzene ring substituents is 1. The first kappa shape index (κ1) is 17.6. The molecule has 0 amide bonds. The van der Waals surface area contributed by atoms with Gasteiger partial charge in [0.05, 0.1) is 22.8 Å². The third-order valence-corrected chi connectivity index (χ3v) is 6.01. The van der Waals surface area contributed by atoms with Crippen LogP contribution < -0.4 is 5.23 Å². The smallest absolute Gasteiger partial charge is 0.338 e. The first-order valence-corrected chi connectivity index (χ1v) is 8.33. The number of rotatable bonds is 5. The van der Waals surface area contributed by atoms with Crippen LogP contribution in [-0.2, 0) is 4.74 Å². The van der Waals surface area contributed by atoms with Crippen molar-refractivity contribution in [1.29, 1.82) is 0 Å². The molecule has 0 aliphatic heterocycles. The van der Waals surface area contributed by atoms with Gasteiger partial charge < -0.3 is 15.2 Å². The van der Waals surface area contributed by atoms with Gasteiger partial charge in [0.25, 0.3) is 5.69 Å². The van der Waals surface area contributed by atoms with E-state index in [9.17, 15) is 20.1 Å². The molecule has 0 saturated heterocycles. The number of esters is 1. The standard InChI is InChI=1S/C17H21N2O6/c1-17(2)12-4-3-10(5-12)15(17)9-25-16(20)11-6-13(18(21)22)8-14(7-11)19(23)24/h6-8,10,12,15,21H,3-5,9H2,1-2H3/q-1/t10-,12+,15-/m0/s1. The molecule has 2 aliphatic carbocycles. The summed E-state index contributed by atoms with van der Waals surface area (Å²) >= 11 is 0. The summed E-state index contributed by atoms with van der Waals surface area (Å²) in [7, 11) is 0. The lowest BCUT2D eigenvalue weighted by Crippen LogP contribution is -2.34. The number of anilines is 1. The van der Waals surface area contributed by atoms with Crippen molar-refractivity contribution in [3.05, 3.63) is 39.1 Å². The van der Waals surface area contributed by atoms with E-state index >= 15 is 0 Å². The zero-order valence-electron chi connectivity index (χ0n) is 14.2. The normalized spacial score (nSPS) is 26.5. The summed E-state index contributed by atoms with van der Waals surface area (Å²) in [5, 5.41) is 30.4. The van der Waals surface area contributed by atoms with Crippen molar-refractivity contribution >= 4 is 17.3 Å². The van der Waals surface area contributed by atoms with Crippen LogP contribution in [-0.4, -0.2) is 22.7 Å². The summed E-state index contributed by atoms with van der Waals surface area (Å²) in [6.07, 6.45) is 3.52. The van der Waals surface area contributed by atoms with Crippen molar-refractivity contribution in [1.82, 2.24) is 0 Å². The highest BCUT2D eigenvalue weighted by Gasteiger charge is 2.52. The fraction of sp³-hybridized carbons (Fsp3) is 0.588. The molecule has 1 aromatic carbocycles. The molecule has 0 spiro atoms. The molecule has 1 aromatic rings. The zero-order chi connectivity index (χ0) is 18.4. The van der Waals surface area contributed by atoms with Gasteiger partial charge in [0, 0.05) is 18.1 Å². The Morgan fingerprint density at radius 2 is 2.12 bits per heavy atom. The number of ether oxygens (including phenoxy) is 1. The summed E-state index contributed by atoms with van der Waals surface area (Å²) in [4.78, 5) is 22.5. The van der Waals surface area contributed by atoms with Crippen molar-refractivity contribution in [2.24, 2.45) is 23.2 Å². The van der Waals surface area contributed by atoms with Gasteiger partial charge in [-0.3, -0.25) is 15.3 Å². The van der Waals surface area contributed by atoms with Gasteiger partial charge >= 0.3 is 5.97 Å². The molecule has 2 aliphatic rings. The van der Waals surface area contributed by atoms with Crippen LogP contribution in [0.3, 0.4) is 0 Å². The van der Waals surface area contributed by atoms with Gasteiger partial charge in [-0.1, -0.05) is 13.8 Å². The molecule has 0 unspecified atom stereocenters. The average Bonchev–Trinajstić information content (AvgIpc) is 3.12. The SMILES string of the molecule is CC1(C)[C@@H]2CC[C@@H](C2)[C@@H]1COC(=O)c1cc(N([O-])O)cc([N+](=O)[O-])c1. The Morgan fingerprint density at radius 3 is 2.68 bits per heavy atom. The van der Waals surface area contributed by atoms with Crippen LogP contribution in [0, 0.1) is 38.5 Å². The molecule has 0 radical (unpaired) electrons. The van der Waals surface area contributed by atoms with Gasteiger partial charge in [0.1, 0.15) is 0 Å². The topological polar surface area (TPSA) is 116 Å². The first-order chi connectivity index (χ1) is 11.7. The second kappa shape index (κ2) is 6.27. The first-order valence-electron chi connectivity index (χ1n) is 8.33. The molecule has 8 heteroatoms. The van der Waals surface area contributed by atoms with Crippen molar-refractivity contribution in [3.63, 3.8) is 0 Å². The maximum Gasteiger partial charge on any atom is 0.338 e. The van der Waals surface area contributed by atoms with E-state index in [0.29, 0.717) is 11.8 Å². The highest BCUT2D eigenvalue weighted by molar-refractivity contribution is 5.91. The molecule has 1 N–H and O–H groups in total. The van der Waals surface area contributed by atoms with Crippen LogP contribution >= 0.6 is 0 Å². The zero-order valence-corrected chi connectivity index (χ0v) is 14.2. The van der Waals surface area contributed by atoms with Crippen molar-refractivity contribution in [2.75, 3.05) is 11.8 Å².